The van der Waals surface area contributed by atoms with Gasteiger partial charge in [0.05, 0.1) is 17.1 Å². The van der Waals surface area contributed by atoms with Crippen LogP contribution in [0.2, 0.25) is 5.02 Å². The van der Waals surface area contributed by atoms with Crippen LogP contribution in [0.25, 0.3) is 0 Å². The molecule has 1 N–H and O–H groups in total. The van der Waals surface area contributed by atoms with E-state index in [1.807, 2.05) is 6.92 Å². The Kier molecular flexibility index (Phi) is 6.76. The third-order valence-corrected chi connectivity index (χ3v) is 5.39. The van der Waals surface area contributed by atoms with E-state index in [1.165, 1.54) is 12.1 Å². The molecule has 2 aromatic carbocycles. The minimum atomic E-state index is -3.58. The van der Waals surface area contributed by atoms with Crippen molar-refractivity contribution in [2.75, 3.05) is 17.7 Å². The summed E-state index contributed by atoms with van der Waals surface area (Å²) in [6.45, 7) is 1.35. The van der Waals surface area contributed by atoms with Crippen molar-refractivity contribution in [3.05, 3.63) is 59.1 Å². The molecule has 1 amide bonds. The maximum absolute atomic E-state index is 12.2. The molecule has 8 heteroatoms. The predicted octanol–water partition coefficient (Wildman–Crippen LogP) is 2.99. The van der Waals surface area contributed by atoms with E-state index < -0.39 is 28.3 Å². The standard InChI is InChI=1S/C18H18ClNO5S/c1-13-5-7-16(8-6-13)26(23,24)10-9-18(22)25-12-17(21)20-15-4-2-3-14(19)11-15/h2-8,11H,9-10,12H2,1H3,(H,20,21). The Bertz CT molecular complexity index is 894. The molecule has 0 heterocycles. The normalized spacial score (nSPS) is 11.0. The molecule has 0 spiro atoms. The van der Waals surface area contributed by atoms with Crippen LogP contribution in [0.3, 0.4) is 0 Å². The average molecular weight is 396 g/mol. The van der Waals surface area contributed by atoms with Gasteiger partial charge >= 0.3 is 5.97 Å². The summed E-state index contributed by atoms with van der Waals surface area (Å²) in [5.41, 5.74) is 1.41. The van der Waals surface area contributed by atoms with Gasteiger partial charge in [-0.3, -0.25) is 9.59 Å². The molecular formula is C18H18ClNO5S. The Morgan fingerprint density at radius 1 is 1.12 bits per heavy atom. The molecular weight excluding hydrogens is 378 g/mol. The number of halogens is 1. The zero-order valence-corrected chi connectivity index (χ0v) is 15.6. The number of hydrogen-bond acceptors (Lipinski definition) is 5. The van der Waals surface area contributed by atoms with Crippen molar-refractivity contribution in [2.45, 2.75) is 18.2 Å². The zero-order chi connectivity index (χ0) is 19.2. The molecule has 0 aromatic heterocycles. The monoisotopic (exact) mass is 395 g/mol. The van der Waals surface area contributed by atoms with Crippen LogP contribution < -0.4 is 5.32 Å². The molecule has 6 nitrogen and oxygen atoms in total. The number of aryl methyl sites for hydroxylation is 1. The highest BCUT2D eigenvalue weighted by Crippen LogP contribution is 2.15. The fraction of sp³-hybridized carbons (Fsp3) is 0.222. The van der Waals surface area contributed by atoms with Crippen LogP contribution >= 0.6 is 11.6 Å². The summed E-state index contributed by atoms with van der Waals surface area (Å²) in [5, 5.41) is 2.98. The van der Waals surface area contributed by atoms with Gasteiger partial charge < -0.3 is 10.1 Å². The number of carbonyl (C=O) groups excluding carboxylic acids is 2. The number of benzene rings is 2. The van der Waals surface area contributed by atoms with Gasteiger partial charge in [-0.2, -0.15) is 0 Å². The summed E-state index contributed by atoms with van der Waals surface area (Å²) in [5.74, 6) is -1.69. The van der Waals surface area contributed by atoms with Crippen molar-refractivity contribution in [1.82, 2.24) is 0 Å². The Balaban J connectivity index is 1.79. The number of amides is 1. The third-order valence-electron chi connectivity index (χ3n) is 3.43. The van der Waals surface area contributed by atoms with Gasteiger partial charge in [0.15, 0.2) is 16.4 Å². The van der Waals surface area contributed by atoms with Crippen LogP contribution in [0.1, 0.15) is 12.0 Å². The summed E-state index contributed by atoms with van der Waals surface area (Å²) in [6.07, 6.45) is -0.333. The lowest BCUT2D eigenvalue weighted by Gasteiger charge is -2.07. The Hall–Kier alpha value is -2.38. The van der Waals surface area contributed by atoms with Crippen LogP contribution in [0.15, 0.2) is 53.4 Å². The van der Waals surface area contributed by atoms with E-state index in [2.05, 4.69) is 5.32 Å². The molecule has 0 aliphatic carbocycles. The number of anilines is 1. The molecule has 0 radical (unpaired) electrons. The van der Waals surface area contributed by atoms with Crippen molar-refractivity contribution in [2.24, 2.45) is 0 Å². The number of nitrogens with one attached hydrogen (secondary N) is 1. The van der Waals surface area contributed by atoms with Crippen molar-refractivity contribution < 1.29 is 22.7 Å². The van der Waals surface area contributed by atoms with Gasteiger partial charge in [0, 0.05) is 10.7 Å². The molecule has 2 rings (SSSR count). The highest BCUT2D eigenvalue weighted by Gasteiger charge is 2.17. The minimum absolute atomic E-state index is 0.148. The lowest BCUT2D eigenvalue weighted by atomic mass is 10.2. The number of ether oxygens (including phenoxy) is 1. The van der Waals surface area contributed by atoms with Crippen molar-refractivity contribution in [3.63, 3.8) is 0 Å². The fourth-order valence-corrected chi connectivity index (χ4v) is 3.47. The number of hydrogen-bond donors (Lipinski definition) is 1. The Morgan fingerprint density at radius 2 is 1.81 bits per heavy atom. The molecule has 26 heavy (non-hydrogen) atoms. The molecule has 0 saturated carbocycles. The van der Waals surface area contributed by atoms with E-state index >= 15 is 0 Å². The summed E-state index contributed by atoms with van der Waals surface area (Å²) in [4.78, 5) is 23.6. The number of sulfone groups is 1. The minimum Gasteiger partial charge on any atom is -0.456 e. The first-order valence-electron chi connectivity index (χ1n) is 7.77. The summed E-state index contributed by atoms with van der Waals surface area (Å²) in [6, 6.07) is 12.9. The van der Waals surface area contributed by atoms with Gasteiger partial charge in [-0.15, -0.1) is 0 Å². The van der Waals surface area contributed by atoms with E-state index in [4.69, 9.17) is 16.3 Å². The number of carbonyl (C=O) groups is 2. The molecule has 2 aromatic rings. The second-order valence-electron chi connectivity index (χ2n) is 5.60. The van der Waals surface area contributed by atoms with E-state index in [9.17, 15) is 18.0 Å². The summed E-state index contributed by atoms with van der Waals surface area (Å²) < 4.78 is 29.1. The quantitative estimate of drug-likeness (QED) is 0.728. The van der Waals surface area contributed by atoms with Crippen LogP contribution in [0.5, 0.6) is 0 Å². The maximum atomic E-state index is 12.2. The third kappa shape index (κ3) is 6.16. The Morgan fingerprint density at radius 3 is 2.46 bits per heavy atom. The zero-order valence-electron chi connectivity index (χ0n) is 14.1. The maximum Gasteiger partial charge on any atom is 0.307 e. The molecule has 0 atom stereocenters. The van der Waals surface area contributed by atoms with E-state index in [0.29, 0.717) is 10.7 Å². The van der Waals surface area contributed by atoms with Gasteiger partial charge in [0.2, 0.25) is 0 Å². The van der Waals surface area contributed by atoms with Crippen LogP contribution in [0, 0.1) is 6.92 Å². The summed E-state index contributed by atoms with van der Waals surface area (Å²) in [7, 11) is -3.58. The first-order chi connectivity index (χ1) is 12.3. The fourth-order valence-electron chi connectivity index (χ4n) is 2.06. The smallest absolute Gasteiger partial charge is 0.307 e. The van der Waals surface area contributed by atoms with Gasteiger partial charge in [-0.25, -0.2) is 8.42 Å². The summed E-state index contributed by atoms with van der Waals surface area (Å²) >= 11 is 5.81. The first-order valence-corrected chi connectivity index (χ1v) is 9.80. The van der Waals surface area contributed by atoms with E-state index in [1.54, 1.807) is 36.4 Å². The SMILES string of the molecule is Cc1ccc(S(=O)(=O)CCC(=O)OCC(=O)Nc2cccc(Cl)c2)cc1. The van der Waals surface area contributed by atoms with Crippen molar-refractivity contribution in [3.8, 4) is 0 Å². The predicted molar refractivity (Wildman–Crippen MR) is 98.9 cm³/mol. The molecule has 0 fully saturated rings. The van der Waals surface area contributed by atoms with Gasteiger partial charge in [-0.05, 0) is 37.3 Å². The second kappa shape index (κ2) is 8.82. The molecule has 0 saturated heterocycles. The molecule has 0 bridgehead atoms. The highest BCUT2D eigenvalue weighted by molar-refractivity contribution is 7.91. The van der Waals surface area contributed by atoms with Crippen LogP contribution in [0.4, 0.5) is 5.69 Å². The average Bonchev–Trinajstić information content (AvgIpc) is 2.59. The van der Waals surface area contributed by atoms with Gasteiger partial charge in [0.1, 0.15) is 0 Å². The topological polar surface area (TPSA) is 89.5 Å². The lowest BCUT2D eigenvalue weighted by Crippen LogP contribution is -2.22. The van der Waals surface area contributed by atoms with Crippen LogP contribution in [-0.4, -0.2) is 32.7 Å². The number of rotatable bonds is 7. The second-order valence-corrected chi connectivity index (χ2v) is 8.15. The Labute approximate surface area is 157 Å². The van der Waals surface area contributed by atoms with Crippen molar-refractivity contribution in [1.29, 1.82) is 0 Å². The van der Waals surface area contributed by atoms with E-state index in [-0.39, 0.29) is 17.1 Å². The van der Waals surface area contributed by atoms with Gasteiger partial charge in [0.25, 0.3) is 5.91 Å². The molecule has 0 unspecified atom stereocenters. The first kappa shape index (κ1) is 19.9. The van der Waals surface area contributed by atoms with Gasteiger partial charge in [-0.1, -0.05) is 35.4 Å². The van der Waals surface area contributed by atoms with Crippen LogP contribution in [-0.2, 0) is 24.2 Å². The highest BCUT2D eigenvalue weighted by atomic mass is 35.5. The van der Waals surface area contributed by atoms with E-state index in [0.717, 1.165) is 5.56 Å². The largest absolute Gasteiger partial charge is 0.456 e. The molecule has 0 aliphatic heterocycles. The van der Waals surface area contributed by atoms with Crippen molar-refractivity contribution >= 4 is 39.0 Å². The lowest BCUT2D eigenvalue weighted by molar-refractivity contribution is -0.146. The molecule has 138 valence electrons. The number of esters is 1. The molecule has 0 aliphatic rings.